The highest BCUT2D eigenvalue weighted by Gasteiger charge is 2.27. The minimum Gasteiger partial charge on any atom is -0.490 e. The maximum Gasteiger partial charge on any atom is 0.277 e. The average molecular weight is 401 g/mol. The summed E-state index contributed by atoms with van der Waals surface area (Å²) >= 11 is 1.02. The third-order valence-corrected chi connectivity index (χ3v) is 5.41. The van der Waals surface area contributed by atoms with Crippen molar-refractivity contribution in [3.05, 3.63) is 33.6 Å². The first-order valence-electron chi connectivity index (χ1n) is 8.52. The number of carbonyl (C=O) groups excluding carboxylic acids is 2. The van der Waals surface area contributed by atoms with Crippen LogP contribution in [0.1, 0.15) is 33.3 Å². The molecule has 1 aliphatic heterocycles. The van der Waals surface area contributed by atoms with Gasteiger partial charge in [-0.15, -0.1) is 11.3 Å². The van der Waals surface area contributed by atoms with Crippen LogP contribution in [0.4, 0.5) is 0 Å². The molecule has 2 heterocycles. The van der Waals surface area contributed by atoms with E-state index < -0.39 is 24.0 Å². The molecule has 146 valence electrons. The van der Waals surface area contributed by atoms with E-state index in [1.165, 1.54) is 4.90 Å². The smallest absolute Gasteiger partial charge is 0.277 e. The molecule has 1 aliphatic rings. The summed E-state index contributed by atoms with van der Waals surface area (Å²) in [5.41, 5.74) is 6.79. The van der Waals surface area contributed by atoms with E-state index in [2.05, 4.69) is 16.8 Å². The van der Waals surface area contributed by atoms with Crippen molar-refractivity contribution in [2.75, 3.05) is 20.2 Å². The fraction of sp³-hybridized carbons (Fsp3) is 0.316. The normalized spacial score (nSPS) is 15.8. The van der Waals surface area contributed by atoms with Crippen molar-refractivity contribution in [1.29, 1.82) is 0 Å². The molecule has 0 bridgehead atoms. The summed E-state index contributed by atoms with van der Waals surface area (Å²) in [6.45, 7) is 2.28. The Bertz CT molecular complexity index is 991. The number of likely N-dealkylation sites (N-methyl/N-ethyl adjacent to an activating group) is 1. The van der Waals surface area contributed by atoms with E-state index in [9.17, 15) is 19.8 Å². The van der Waals surface area contributed by atoms with Gasteiger partial charge in [0.15, 0.2) is 11.1 Å². The number of aliphatic hydroxyl groups is 2. The Morgan fingerprint density at radius 1 is 1.50 bits per heavy atom. The molecule has 0 fully saturated rings. The number of hydrogen-bond donors (Lipinski definition) is 3. The number of aliphatic hydroxyl groups excluding tert-OH is 2. The minimum absolute atomic E-state index is 0.0159. The van der Waals surface area contributed by atoms with Gasteiger partial charge in [0.1, 0.15) is 18.5 Å². The molecule has 2 amide bonds. The topological polar surface area (TPSA) is 126 Å². The van der Waals surface area contributed by atoms with E-state index in [4.69, 9.17) is 10.5 Å². The number of carbonyl (C=O) groups is 2. The number of benzene rings is 1. The van der Waals surface area contributed by atoms with Gasteiger partial charge in [0.25, 0.3) is 11.8 Å². The second kappa shape index (κ2) is 7.98. The lowest BCUT2D eigenvalue weighted by atomic mass is 10.1. The molecular formula is C19H19N3O5S. The van der Waals surface area contributed by atoms with Crippen LogP contribution >= 0.6 is 11.3 Å². The highest BCUT2D eigenvalue weighted by molar-refractivity contribution is 7.14. The van der Waals surface area contributed by atoms with Gasteiger partial charge in [-0.05, 0) is 25.1 Å². The summed E-state index contributed by atoms with van der Waals surface area (Å²) in [4.78, 5) is 29.5. The molecule has 0 radical (unpaired) electrons. The van der Waals surface area contributed by atoms with Crippen LogP contribution in [0, 0.1) is 11.8 Å². The predicted octanol–water partition coefficient (Wildman–Crippen LogP) is 0.526. The second-order valence-corrected chi connectivity index (χ2v) is 7.19. The Labute approximate surface area is 165 Å². The molecule has 8 nitrogen and oxygen atoms in total. The predicted molar refractivity (Wildman–Crippen MR) is 103 cm³/mol. The Balaban J connectivity index is 1.99. The van der Waals surface area contributed by atoms with Crippen LogP contribution in [0.3, 0.4) is 0 Å². The minimum atomic E-state index is -1.43. The van der Waals surface area contributed by atoms with E-state index >= 15 is 0 Å². The SMILES string of the molecule is CCN(C)C(=O)C(O)C#Cc1ccc2c(c1)-c1nc(C(N)=O)sc1C(O)CO2. The number of aromatic nitrogens is 1. The van der Waals surface area contributed by atoms with E-state index in [0.717, 1.165) is 11.3 Å². The molecule has 0 aliphatic carbocycles. The highest BCUT2D eigenvalue weighted by atomic mass is 32.1. The lowest BCUT2D eigenvalue weighted by Crippen LogP contribution is -2.35. The van der Waals surface area contributed by atoms with Crippen LogP contribution in [0.25, 0.3) is 11.3 Å². The third kappa shape index (κ3) is 3.84. The molecule has 0 saturated heterocycles. The van der Waals surface area contributed by atoms with Crippen LogP contribution in [-0.4, -0.2) is 58.2 Å². The van der Waals surface area contributed by atoms with Crippen molar-refractivity contribution in [1.82, 2.24) is 9.88 Å². The molecule has 28 heavy (non-hydrogen) atoms. The van der Waals surface area contributed by atoms with Gasteiger partial charge in [-0.25, -0.2) is 4.98 Å². The van der Waals surface area contributed by atoms with E-state index in [1.54, 1.807) is 32.2 Å². The van der Waals surface area contributed by atoms with E-state index in [1.807, 2.05) is 0 Å². The van der Waals surface area contributed by atoms with E-state index in [0.29, 0.717) is 34.0 Å². The molecule has 0 spiro atoms. The van der Waals surface area contributed by atoms with Gasteiger partial charge in [0, 0.05) is 24.7 Å². The van der Waals surface area contributed by atoms with Crippen molar-refractivity contribution in [3.8, 4) is 28.8 Å². The maximum atomic E-state index is 11.9. The summed E-state index contributed by atoms with van der Waals surface area (Å²) in [5.74, 6) is 4.61. The van der Waals surface area contributed by atoms with Crippen molar-refractivity contribution < 1.29 is 24.5 Å². The molecule has 2 unspecified atom stereocenters. The summed E-state index contributed by atoms with van der Waals surface area (Å²) in [6.07, 6.45) is -2.37. The number of amides is 2. The lowest BCUT2D eigenvalue weighted by molar-refractivity contribution is -0.135. The molecule has 0 saturated carbocycles. The fourth-order valence-corrected chi connectivity index (χ4v) is 3.50. The summed E-state index contributed by atoms with van der Waals surface area (Å²) < 4.78 is 5.61. The van der Waals surface area contributed by atoms with Crippen molar-refractivity contribution in [2.45, 2.75) is 19.1 Å². The average Bonchev–Trinajstić information content (AvgIpc) is 3.10. The molecule has 2 atom stereocenters. The van der Waals surface area contributed by atoms with Gasteiger partial charge in [0.05, 0.1) is 10.6 Å². The zero-order chi connectivity index (χ0) is 20.4. The Kier molecular flexibility index (Phi) is 5.65. The number of fused-ring (bicyclic) bond motifs is 3. The number of ether oxygens (including phenoxy) is 1. The molecule has 4 N–H and O–H groups in total. The van der Waals surface area contributed by atoms with Crippen molar-refractivity contribution in [3.63, 3.8) is 0 Å². The van der Waals surface area contributed by atoms with Crippen molar-refractivity contribution >= 4 is 23.2 Å². The van der Waals surface area contributed by atoms with Crippen LogP contribution in [0.2, 0.25) is 0 Å². The number of rotatable bonds is 3. The monoisotopic (exact) mass is 401 g/mol. The van der Waals surface area contributed by atoms with Gasteiger partial charge < -0.3 is 25.6 Å². The Morgan fingerprint density at radius 2 is 2.25 bits per heavy atom. The Morgan fingerprint density at radius 3 is 2.93 bits per heavy atom. The molecule has 3 rings (SSSR count). The zero-order valence-corrected chi connectivity index (χ0v) is 16.1. The van der Waals surface area contributed by atoms with Crippen LogP contribution in [0.5, 0.6) is 5.75 Å². The quantitative estimate of drug-likeness (QED) is 0.644. The second-order valence-electron chi connectivity index (χ2n) is 6.16. The summed E-state index contributed by atoms with van der Waals surface area (Å²) in [7, 11) is 1.58. The summed E-state index contributed by atoms with van der Waals surface area (Å²) in [5, 5.41) is 20.3. The number of hydrogen-bond acceptors (Lipinski definition) is 7. The number of thiazole rings is 1. The highest BCUT2D eigenvalue weighted by Crippen LogP contribution is 2.41. The zero-order valence-electron chi connectivity index (χ0n) is 15.3. The maximum absolute atomic E-state index is 11.9. The van der Waals surface area contributed by atoms with Gasteiger partial charge in [-0.2, -0.15) is 0 Å². The molecule has 1 aromatic heterocycles. The van der Waals surface area contributed by atoms with E-state index in [-0.39, 0.29) is 11.6 Å². The molecule has 2 aromatic rings. The fourth-order valence-electron chi connectivity index (χ4n) is 2.60. The number of nitrogens with two attached hydrogens (primary N) is 1. The van der Waals surface area contributed by atoms with Crippen LogP contribution in [0.15, 0.2) is 18.2 Å². The molecular weight excluding hydrogens is 382 g/mol. The number of primary amides is 1. The van der Waals surface area contributed by atoms with Crippen molar-refractivity contribution in [2.24, 2.45) is 5.73 Å². The lowest BCUT2D eigenvalue weighted by Gasteiger charge is -2.15. The molecule has 9 heteroatoms. The van der Waals surface area contributed by atoms with Gasteiger partial charge >= 0.3 is 0 Å². The first-order valence-corrected chi connectivity index (χ1v) is 9.33. The number of nitrogens with zero attached hydrogens (tertiary/aromatic N) is 2. The third-order valence-electron chi connectivity index (χ3n) is 4.24. The van der Waals surface area contributed by atoms with Gasteiger partial charge in [-0.3, -0.25) is 9.59 Å². The molecule has 1 aromatic carbocycles. The van der Waals surface area contributed by atoms with Crippen LogP contribution in [-0.2, 0) is 4.79 Å². The first kappa shape index (κ1) is 19.8. The summed E-state index contributed by atoms with van der Waals surface area (Å²) in [6, 6.07) is 5.01. The Hall–Kier alpha value is -2.93. The largest absolute Gasteiger partial charge is 0.490 e. The van der Waals surface area contributed by atoms with Crippen LogP contribution < -0.4 is 10.5 Å². The standard InChI is InChI=1S/C19H19N3O5S/c1-3-22(2)19(26)12(23)6-4-10-5-7-14-11(8-10)15-16(13(24)9-27-14)28-18(21-15)17(20)25/h5,7-8,12-13,23-24H,3,9H2,1-2H3,(H2,20,25). The van der Waals surface area contributed by atoms with Gasteiger partial charge in [0.2, 0.25) is 0 Å². The first-order chi connectivity index (χ1) is 13.3. The van der Waals surface area contributed by atoms with Gasteiger partial charge in [-0.1, -0.05) is 11.8 Å².